The summed E-state index contributed by atoms with van der Waals surface area (Å²) >= 11 is 6.26. The van der Waals surface area contributed by atoms with Crippen LogP contribution < -0.4 is 5.73 Å². The van der Waals surface area contributed by atoms with E-state index in [2.05, 4.69) is 5.10 Å². The minimum Gasteiger partial charge on any atom is -0.325 e. The fourth-order valence-electron chi connectivity index (χ4n) is 2.17. The first-order chi connectivity index (χ1) is 10.2. The molecule has 0 atom stereocenters. The molecule has 0 saturated heterocycles. The first-order valence-corrected chi connectivity index (χ1v) is 6.86. The number of hydrogen-bond donors (Lipinski definition) is 1. The minimum absolute atomic E-state index is 0.288. The Kier molecular flexibility index (Phi) is 3.73. The molecule has 1 aromatic heterocycles. The molecule has 0 saturated carbocycles. The fourth-order valence-corrected chi connectivity index (χ4v) is 2.40. The lowest BCUT2D eigenvalue weighted by Gasteiger charge is -2.08. The predicted molar refractivity (Wildman–Crippen MR) is 81.9 cm³/mol. The third kappa shape index (κ3) is 2.68. The first kappa shape index (κ1) is 13.8. The summed E-state index contributed by atoms with van der Waals surface area (Å²) in [5.74, 6) is -0.288. The zero-order chi connectivity index (χ0) is 14.8. The second kappa shape index (κ2) is 5.68. The Morgan fingerprint density at radius 3 is 2.48 bits per heavy atom. The Bertz CT molecular complexity index is 765. The van der Waals surface area contributed by atoms with Crippen LogP contribution in [0.25, 0.3) is 16.9 Å². The smallest absolute Gasteiger partial charge is 0.123 e. The molecule has 0 amide bonds. The van der Waals surface area contributed by atoms with Crippen molar-refractivity contribution < 1.29 is 4.39 Å². The Hall–Kier alpha value is -2.17. The molecule has 5 heteroatoms. The molecule has 0 bridgehead atoms. The van der Waals surface area contributed by atoms with Crippen LogP contribution in [-0.2, 0) is 6.54 Å². The molecule has 106 valence electrons. The Morgan fingerprint density at radius 2 is 1.81 bits per heavy atom. The number of hydrogen-bond acceptors (Lipinski definition) is 2. The van der Waals surface area contributed by atoms with Gasteiger partial charge in [-0.1, -0.05) is 29.8 Å². The van der Waals surface area contributed by atoms with Crippen molar-refractivity contribution in [2.45, 2.75) is 6.54 Å². The summed E-state index contributed by atoms with van der Waals surface area (Å²) in [5.41, 5.74) is 8.87. The van der Waals surface area contributed by atoms with Crippen molar-refractivity contribution in [2.75, 3.05) is 0 Å². The molecule has 21 heavy (non-hydrogen) atoms. The SMILES string of the molecule is NCc1cc(-c2ccccc2Cl)n(-c2ccc(F)cc2)n1. The highest BCUT2D eigenvalue weighted by atomic mass is 35.5. The van der Waals surface area contributed by atoms with Crippen molar-refractivity contribution in [3.8, 4) is 16.9 Å². The van der Waals surface area contributed by atoms with Crippen LogP contribution in [0.1, 0.15) is 5.69 Å². The monoisotopic (exact) mass is 301 g/mol. The van der Waals surface area contributed by atoms with Crippen molar-refractivity contribution in [2.24, 2.45) is 5.73 Å². The largest absolute Gasteiger partial charge is 0.325 e. The number of rotatable bonds is 3. The molecule has 0 spiro atoms. The minimum atomic E-state index is -0.288. The molecule has 2 N–H and O–H groups in total. The van der Waals surface area contributed by atoms with E-state index >= 15 is 0 Å². The van der Waals surface area contributed by atoms with Crippen molar-refractivity contribution in [3.05, 3.63) is 71.1 Å². The highest BCUT2D eigenvalue weighted by Crippen LogP contribution is 2.30. The maximum absolute atomic E-state index is 13.1. The van der Waals surface area contributed by atoms with E-state index in [9.17, 15) is 4.39 Å². The average molecular weight is 302 g/mol. The molecule has 3 aromatic rings. The average Bonchev–Trinajstić information content (AvgIpc) is 2.92. The number of nitrogens with zero attached hydrogens (tertiary/aromatic N) is 2. The van der Waals surface area contributed by atoms with E-state index in [1.54, 1.807) is 16.8 Å². The van der Waals surface area contributed by atoms with E-state index in [-0.39, 0.29) is 5.82 Å². The van der Waals surface area contributed by atoms with Gasteiger partial charge in [0.05, 0.1) is 17.1 Å². The van der Waals surface area contributed by atoms with Gasteiger partial charge in [-0.3, -0.25) is 0 Å². The van der Waals surface area contributed by atoms with Gasteiger partial charge in [0.1, 0.15) is 5.82 Å². The first-order valence-electron chi connectivity index (χ1n) is 6.49. The van der Waals surface area contributed by atoms with Crippen LogP contribution in [0.4, 0.5) is 4.39 Å². The third-order valence-corrected chi connectivity index (χ3v) is 3.52. The molecule has 0 aliphatic heterocycles. The normalized spacial score (nSPS) is 10.8. The summed E-state index contributed by atoms with van der Waals surface area (Å²) in [7, 11) is 0. The van der Waals surface area contributed by atoms with Gasteiger partial charge < -0.3 is 5.73 Å². The van der Waals surface area contributed by atoms with E-state index in [1.807, 2.05) is 30.3 Å². The Morgan fingerprint density at radius 1 is 1.10 bits per heavy atom. The molecule has 0 radical (unpaired) electrons. The summed E-state index contributed by atoms with van der Waals surface area (Å²) in [6, 6.07) is 15.5. The summed E-state index contributed by atoms with van der Waals surface area (Å²) in [5, 5.41) is 5.09. The lowest BCUT2D eigenvalue weighted by atomic mass is 10.1. The quantitative estimate of drug-likeness (QED) is 0.800. The number of benzene rings is 2. The van der Waals surface area contributed by atoms with E-state index in [0.717, 1.165) is 22.6 Å². The fraction of sp³-hybridized carbons (Fsp3) is 0.0625. The van der Waals surface area contributed by atoms with Crippen LogP contribution in [0.2, 0.25) is 5.02 Å². The molecule has 0 aliphatic carbocycles. The van der Waals surface area contributed by atoms with Crippen LogP contribution in [0.5, 0.6) is 0 Å². The summed E-state index contributed by atoms with van der Waals surface area (Å²) in [6.45, 7) is 0.325. The van der Waals surface area contributed by atoms with Crippen molar-refractivity contribution in [1.82, 2.24) is 9.78 Å². The Balaban J connectivity index is 2.19. The van der Waals surface area contributed by atoms with Gasteiger partial charge in [-0.15, -0.1) is 0 Å². The van der Waals surface area contributed by atoms with Crippen LogP contribution in [0, 0.1) is 5.82 Å². The van der Waals surface area contributed by atoms with Gasteiger partial charge in [0, 0.05) is 17.1 Å². The second-order valence-corrected chi connectivity index (χ2v) is 5.00. The zero-order valence-corrected chi connectivity index (χ0v) is 11.9. The lowest BCUT2D eigenvalue weighted by molar-refractivity contribution is 0.627. The second-order valence-electron chi connectivity index (χ2n) is 4.59. The maximum Gasteiger partial charge on any atom is 0.123 e. The van der Waals surface area contributed by atoms with Gasteiger partial charge in [0.15, 0.2) is 0 Å². The van der Waals surface area contributed by atoms with Crippen LogP contribution in [-0.4, -0.2) is 9.78 Å². The van der Waals surface area contributed by atoms with Crippen molar-refractivity contribution in [3.63, 3.8) is 0 Å². The summed E-state index contributed by atoms with van der Waals surface area (Å²) in [6.07, 6.45) is 0. The Labute approximate surface area is 126 Å². The highest BCUT2D eigenvalue weighted by molar-refractivity contribution is 6.33. The van der Waals surface area contributed by atoms with Gasteiger partial charge in [0.2, 0.25) is 0 Å². The topological polar surface area (TPSA) is 43.8 Å². The molecule has 3 rings (SSSR count). The molecular formula is C16H13ClFN3. The number of halogens is 2. The van der Waals surface area contributed by atoms with E-state index in [4.69, 9.17) is 17.3 Å². The summed E-state index contributed by atoms with van der Waals surface area (Å²) in [4.78, 5) is 0. The molecule has 2 aromatic carbocycles. The number of aromatic nitrogens is 2. The van der Waals surface area contributed by atoms with Crippen molar-refractivity contribution in [1.29, 1.82) is 0 Å². The van der Waals surface area contributed by atoms with Gasteiger partial charge in [0.25, 0.3) is 0 Å². The zero-order valence-electron chi connectivity index (χ0n) is 11.1. The molecule has 0 fully saturated rings. The maximum atomic E-state index is 13.1. The lowest BCUT2D eigenvalue weighted by Crippen LogP contribution is -2.02. The van der Waals surface area contributed by atoms with E-state index < -0.39 is 0 Å². The predicted octanol–water partition coefficient (Wildman–Crippen LogP) is 3.79. The van der Waals surface area contributed by atoms with Gasteiger partial charge in [-0.05, 0) is 36.4 Å². The molecule has 3 nitrogen and oxygen atoms in total. The van der Waals surface area contributed by atoms with E-state index in [0.29, 0.717) is 11.6 Å². The van der Waals surface area contributed by atoms with E-state index in [1.165, 1.54) is 12.1 Å². The van der Waals surface area contributed by atoms with Gasteiger partial charge >= 0.3 is 0 Å². The standard InChI is InChI=1S/C16H13ClFN3/c17-15-4-2-1-3-14(15)16-9-12(10-19)20-21(16)13-7-5-11(18)6-8-13/h1-9H,10,19H2. The van der Waals surface area contributed by atoms with Crippen LogP contribution >= 0.6 is 11.6 Å². The molecule has 0 unspecified atom stereocenters. The summed E-state index contributed by atoms with van der Waals surface area (Å²) < 4.78 is 14.8. The molecule has 1 heterocycles. The van der Waals surface area contributed by atoms with Crippen LogP contribution in [0.3, 0.4) is 0 Å². The highest BCUT2D eigenvalue weighted by Gasteiger charge is 2.13. The third-order valence-electron chi connectivity index (χ3n) is 3.19. The van der Waals surface area contributed by atoms with Crippen LogP contribution in [0.15, 0.2) is 54.6 Å². The molecule has 0 aliphatic rings. The van der Waals surface area contributed by atoms with Crippen molar-refractivity contribution >= 4 is 11.6 Å². The molecular weight excluding hydrogens is 289 g/mol. The van der Waals surface area contributed by atoms with Gasteiger partial charge in [-0.2, -0.15) is 5.10 Å². The van der Waals surface area contributed by atoms with Gasteiger partial charge in [-0.25, -0.2) is 9.07 Å². The number of nitrogens with two attached hydrogens (primary N) is 1.